The first kappa shape index (κ1) is 19.3. The van der Waals surface area contributed by atoms with Crippen molar-refractivity contribution in [3.8, 4) is 0 Å². The molecule has 12 heavy (non-hydrogen) atoms. The maximum absolute atomic E-state index is 10.2. The molecule has 0 bridgehead atoms. The van der Waals surface area contributed by atoms with E-state index >= 15 is 0 Å². The van der Waals surface area contributed by atoms with Crippen LogP contribution < -0.4 is 0 Å². The van der Waals surface area contributed by atoms with Crippen molar-refractivity contribution < 1.29 is 19.4 Å². The Morgan fingerprint density at radius 2 is 1.83 bits per heavy atom. The average Bonchev–Trinajstić information content (AvgIpc) is 1.87. The van der Waals surface area contributed by atoms with Gasteiger partial charge in [-0.2, -0.15) is 0 Å². The average molecular weight is 222 g/mol. The van der Waals surface area contributed by atoms with Gasteiger partial charge in [-0.25, -0.2) is 9.59 Å². The van der Waals surface area contributed by atoms with Gasteiger partial charge < -0.3 is 9.84 Å². The first-order chi connectivity index (χ1) is 4.66. The van der Waals surface area contributed by atoms with Gasteiger partial charge in [0.25, 0.3) is 0 Å². The van der Waals surface area contributed by atoms with Gasteiger partial charge in [-0.3, -0.25) is 0 Å². The molecule has 0 atom stereocenters. The Labute approximate surface area is 155 Å². The number of carboxylic acids is 1. The van der Waals surface area contributed by atoms with E-state index in [1.165, 1.54) is 0 Å². The summed E-state index contributed by atoms with van der Waals surface area (Å²) in [5, 5.41) is 8.00. The molecular weight excluding hydrogens is 214 g/mol. The Bertz CT molecular complexity index is 188. The summed E-state index contributed by atoms with van der Waals surface area (Å²) in [7, 11) is 0. The third kappa shape index (κ3) is 14.2. The van der Waals surface area contributed by atoms with E-state index in [9.17, 15) is 9.59 Å². The molecule has 0 saturated heterocycles. The normalized spacial score (nSPS) is 7.67. The fraction of sp³-hybridized carbons (Fsp3) is 0. The van der Waals surface area contributed by atoms with Gasteiger partial charge >= 0.3 is 115 Å². The predicted octanol–water partition coefficient (Wildman–Crippen LogP) is -0.983. The second-order valence-electron chi connectivity index (χ2n) is 1.28. The third-order valence-electron chi connectivity index (χ3n) is 0.561. The fourth-order valence-electron chi connectivity index (χ4n) is 0.207. The SMILES string of the molecule is C=CC(=O)OC=CC(=O)O.[KH].[KH]. The van der Waals surface area contributed by atoms with E-state index in [2.05, 4.69) is 11.3 Å². The van der Waals surface area contributed by atoms with E-state index in [4.69, 9.17) is 5.11 Å². The number of ether oxygens (including phenoxy) is 1. The van der Waals surface area contributed by atoms with Gasteiger partial charge in [-0.1, -0.05) is 6.58 Å². The monoisotopic (exact) mass is 222 g/mol. The molecular formula is C6H8K2O4. The Morgan fingerprint density at radius 3 is 2.17 bits per heavy atom. The van der Waals surface area contributed by atoms with Gasteiger partial charge in [0.2, 0.25) is 0 Å². The predicted molar refractivity (Wildman–Crippen MR) is 47.4 cm³/mol. The van der Waals surface area contributed by atoms with Crippen molar-refractivity contribution in [2.75, 3.05) is 0 Å². The van der Waals surface area contributed by atoms with Crippen molar-refractivity contribution in [3.05, 3.63) is 25.0 Å². The Hall–Kier alpha value is 1.69. The molecule has 0 aromatic rings. The third-order valence-corrected chi connectivity index (χ3v) is 0.561. The van der Waals surface area contributed by atoms with Crippen LogP contribution in [0.1, 0.15) is 0 Å². The molecule has 0 aliphatic heterocycles. The summed E-state index contributed by atoms with van der Waals surface area (Å²) in [6.07, 6.45) is 2.43. The molecule has 0 amide bonds. The van der Waals surface area contributed by atoms with E-state index in [1.54, 1.807) is 0 Å². The van der Waals surface area contributed by atoms with Gasteiger partial charge in [0, 0.05) is 6.08 Å². The molecule has 0 aromatic heterocycles. The molecule has 0 fully saturated rings. The molecule has 0 aliphatic rings. The van der Waals surface area contributed by atoms with Crippen molar-refractivity contribution in [2.24, 2.45) is 0 Å². The Kier molecular flexibility index (Phi) is 20.4. The maximum atomic E-state index is 10.2. The van der Waals surface area contributed by atoms with E-state index in [-0.39, 0.29) is 103 Å². The molecule has 4 nitrogen and oxygen atoms in total. The Balaban J connectivity index is -0.000000405. The number of carbonyl (C=O) groups excluding carboxylic acids is 1. The standard InChI is InChI=1S/C6H6O4.2K.2H/c1-2-6(9)10-4-3-5(7)8;;;;/h2-4H,1H2,(H,7,8);;;;. The molecule has 1 N–H and O–H groups in total. The van der Waals surface area contributed by atoms with Crippen LogP contribution in [0.4, 0.5) is 0 Å². The number of hydrogen-bond acceptors (Lipinski definition) is 3. The number of carboxylic acid groups (broad SMARTS) is 1. The zero-order valence-electron chi connectivity index (χ0n) is 5.11. The van der Waals surface area contributed by atoms with Crippen LogP contribution in [0.25, 0.3) is 0 Å². The molecule has 0 spiro atoms. The molecule has 0 aromatic carbocycles. The van der Waals surface area contributed by atoms with Crippen LogP contribution >= 0.6 is 0 Å². The summed E-state index contributed by atoms with van der Waals surface area (Å²) in [6.45, 7) is 3.10. The van der Waals surface area contributed by atoms with Crippen molar-refractivity contribution in [1.82, 2.24) is 0 Å². The van der Waals surface area contributed by atoms with Gasteiger partial charge in [-0.05, 0) is 0 Å². The number of rotatable bonds is 3. The summed E-state index contributed by atoms with van der Waals surface area (Å²) < 4.78 is 4.18. The first-order valence-corrected chi connectivity index (χ1v) is 2.39. The van der Waals surface area contributed by atoms with Crippen LogP contribution in [0, 0.1) is 0 Å². The minimum atomic E-state index is -1.17. The number of carbonyl (C=O) groups is 2. The summed E-state index contributed by atoms with van der Waals surface area (Å²) in [4.78, 5) is 20.0. The topological polar surface area (TPSA) is 63.6 Å². The quantitative estimate of drug-likeness (QED) is 0.288. The summed E-state index contributed by atoms with van der Waals surface area (Å²) in [5.74, 6) is -1.85. The first-order valence-electron chi connectivity index (χ1n) is 2.39. The van der Waals surface area contributed by atoms with Gasteiger partial charge in [0.05, 0.1) is 6.08 Å². The van der Waals surface area contributed by atoms with Crippen LogP contribution in [0.5, 0.6) is 0 Å². The van der Waals surface area contributed by atoms with E-state index in [1.807, 2.05) is 0 Å². The molecule has 6 heteroatoms. The minimum absolute atomic E-state index is 0. The van der Waals surface area contributed by atoms with E-state index < -0.39 is 11.9 Å². The zero-order chi connectivity index (χ0) is 7.98. The molecule has 0 rings (SSSR count). The van der Waals surface area contributed by atoms with Crippen molar-refractivity contribution in [2.45, 2.75) is 0 Å². The molecule has 0 heterocycles. The molecule has 58 valence electrons. The van der Waals surface area contributed by atoms with Gasteiger partial charge in [0.15, 0.2) is 0 Å². The van der Waals surface area contributed by atoms with Crippen LogP contribution in [0.15, 0.2) is 25.0 Å². The second kappa shape index (κ2) is 12.7. The van der Waals surface area contributed by atoms with Crippen molar-refractivity contribution >= 4 is 115 Å². The summed E-state index contributed by atoms with van der Waals surface area (Å²) in [5.41, 5.74) is 0. The van der Waals surface area contributed by atoms with Crippen LogP contribution in [0.2, 0.25) is 0 Å². The molecule has 0 saturated carbocycles. The molecule has 0 unspecified atom stereocenters. The van der Waals surface area contributed by atoms with Crippen molar-refractivity contribution in [3.63, 3.8) is 0 Å². The van der Waals surface area contributed by atoms with Crippen LogP contribution in [0.3, 0.4) is 0 Å². The van der Waals surface area contributed by atoms with E-state index in [0.717, 1.165) is 12.3 Å². The van der Waals surface area contributed by atoms with Gasteiger partial charge in [0.1, 0.15) is 6.26 Å². The zero-order valence-corrected chi connectivity index (χ0v) is 5.11. The van der Waals surface area contributed by atoms with Crippen LogP contribution in [-0.2, 0) is 14.3 Å². The summed E-state index contributed by atoms with van der Waals surface area (Å²) >= 11 is 0. The second-order valence-corrected chi connectivity index (χ2v) is 1.28. The van der Waals surface area contributed by atoms with Crippen LogP contribution in [-0.4, -0.2) is 120 Å². The fourth-order valence-corrected chi connectivity index (χ4v) is 0.207. The molecule has 0 radical (unpaired) electrons. The summed E-state index contributed by atoms with van der Waals surface area (Å²) in [6, 6.07) is 0. The Morgan fingerprint density at radius 1 is 1.33 bits per heavy atom. The van der Waals surface area contributed by atoms with Gasteiger partial charge in [-0.15, -0.1) is 0 Å². The molecule has 0 aliphatic carbocycles. The number of esters is 1. The van der Waals surface area contributed by atoms with E-state index in [0.29, 0.717) is 6.08 Å². The number of aliphatic carboxylic acids is 1. The number of hydrogen-bond donors (Lipinski definition) is 1. The van der Waals surface area contributed by atoms with Crippen molar-refractivity contribution in [1.29, 1.82) is 0 Å².